The summed E-state index contributed by atoms with van der Waals surface area (Å²) in [5, 5.41) is 1.71. The molecule has 2 N–H and O–H groups in total. The van der Waals surface area contributed by atoms with E-state index in [1.807, 2.05) is 30.3 Å². The number of hydrogen-bond donors (Lipinski definition) is 1. The van der Waals surface area contributed by atoms with Gasteiger partial charge in [-0.3, -0.25) is 0 Å². The van der Waals surface area contributed by atoms with Crippen molar-refractivity contribution in [3.05, 3.63) is 42.0 Å². The maximum absolute atomic E-state index is 12.8. The Morgan fingerprint density at radius 3 is 2.19 bits per heavy atom. The Morgan fingerprint density at radius 1 is 1.05 bits per heavy atom. The second-order valence-corrected chi connectivity index (χ2v) is 5.33. The minimum Gasteiger partial charge on any atom is -0.360 e. The molecule has 5 heteroatoms. The van der Waals surface area contributed by atoms with Gasteiger partial charge in [-0.05, 0) is 30.9 Å². The third kappa shape index (κ3) is 3.47. The van der Waals surface area contributed by atoms with E-state index in [1.54, 1.807) is 19.9 Å². The quantitative estimate of drug-likeness (QED) is 0.921. The third-order valence-electron chi connectivity index (χ3n) is 3.49. The van der Waals surface area contributed by atoms with Crippen molar-refractivity contribution in [2.75, 3.05) is 11.4 Å². The molecule has 2 aromatic carbocycles. The number of nitrogens with zero attached hydrogens (tertiary/aromatic N) is 1. The second kappa shape index (κ2) is 5.93. The van der Waals surface area contributed by atoms with Crippen LogP contribution < -0.4 is 10.6 Å². The fourth-order valence-electron chi connectivity index (χ4n) is 2.51. The number of benzene rings is 2. The summed E-state index contributed by atoms with van der Waals surface area (Å²) >= 11 is 0. The van der Waals surface area contributed by atoms with Gasteiger partial charge in [-0.25, -0.2) is 0 Å². The van der Waals surface area contributed by atoms with E-state index in [0.717, 1.165) is 16.3 Å². The monoisotopic (exact) mass is 296 g/mol. The van der Waals surface area contributed by atoms with Gasteiger partial charge in [-0.15, -0.1) is 0 Å². The molecule has 0 unspecified atom stereocenters. The first-order chi connectivity index (χ1) is 9.83. The summed E-state index contributed by atoms with van der Waals surface area (Å²) in [6.45, 7) is 2.92. The summed E-state index contributed by atoms with van der Waals surface area (Å²) in [6.07, 6.45) is -4.24. The normalized spacial score (nSPS) is 12.1. The van der Waals surface area contributed by atoms with Gasteiger partial charge in [0.15, 0.2) is 0 Å². The van der Waals surface area contributed by atoms with Crippen LogP contribution in [0.25, 0.3) is 10.8 Å². The van der Waals surface area contributed by atoms with Gasteiger partial charge < -0.3 is 10.6 Å². The number of nitrogens with two attached hydrogens (primary N) is 1. The van der Waals surface area contributed by atoms with E-state index in [4.69, 9.17) is 5.73 Å². The van der Waals surface area contributed by atoms with Crippen molar-refractivity contribution >= 4 is 16.5 Å². The Morgan fingerprint density at radius 2 is 1.67 bits per heavy atom. The van der Waals surface area contributed by atoms with E-state index in [2.05, 4.69) is 0 Å². The van der Waals surface area contributed by atoms with Crippen molar-refractivity contribution in [1.82, 2.24) is 0 Å². The molecule has 2 nitrogen and oxygen atoms in total. The van der Waals surface area contributed by atoms with Gasteiger partial charge in [-0.2, -0.15) is 13.2 Å². The molecule has 0 bridgehead atoms. The van der Waals surface area contributed by atoms with E-state index in [0.29, 0.717) is 12.2 Å². The molecule has 0 atom stereocenters. The summed E-state index contributed by atoms with van der Waals surface area (Å²) < 4.78 is 38.5. The number of fused-ring (bicyclic) bond motifs is 1. The van der Waals surface area contributed by atoms with Crippen molar-refractivity contribution < 1.29 is 13.2 Å². The van der Waals surface area contributed by atoms with Crippen LogP contribution in [0.2, 0.25) is 0 Å². The molecule has 2 rings (SSSR count). The predicted octanol–water partition coefficient (Wildman–Crippen LogP) is 4.08. The van der Waals surface area contributed by atoms with Crippen molar-refractivity contribution in [2.24, 2.45) is 5.73 Å². The Balaban J connectivity index is 2.58. The fourth-order valence-corrected chi connectivity index (χ4v) is 2.51. The van der Waals surface area contributed by atoms with Gasteiger partial charge in [0.2, 0.25) is 0 Å². The lowest BCUT2D eigenvalue weighted by Crippen LogP contribution is -2.39. The lowest BCUT2D eigenvalue weighted by atomic mass is 10.0. The molecule has 0 saturated carbocycles. The van der Waals surface area contributed by atoms with Gasteiger partial charge in [-0.1, -0.05) is 30.3 Å². The summed E-state index contributed by atoms with van der Waals surface area (Å²) in [6, 6.07) is 10.7. The first-order valence-corrected chi connectivity index (χ1v) is 6.87. The zero-order chi connectivity index (χ0) is 15.6. The molecule has 0 fully saturated rings. The Labute approximate surface area is 122 Å². The van der Waals surface area contributed by atoms with E-state index < -0.39 is 12.7 Å². The summed E-state index contributed by atoms with van der Waals surface area (Å²) in [5.41, 5.74) is 7.24. The highest BCUT2D eigenvalue weighted by atomic mass is 19.4. The molecule has 0 amide bonds. The Kier molecular flexibility index (Phi) is 4.42. The van der Waals surface area contributed by atoms with Crippen LogP contribution in [-0.4, -0.2) is 18.8 Å². The van der Waals surface area contributed by atoms with Crippen molar-refractivity contribution in [3.63, 3.8) is 0 Å². The van der Waals surface area contributed by atoms with Crippen LogP contribution in [-0.2, 0) is 6.54 Å². The standard InChI is InChI=1S/C16H19F3N2/c1-11(2)21(10-16(17,18)19)15-8-7-12(9-20)13-5-3-4-6-14(13)15/h3-8,11H,9-10,20H2,1-2H3. The summed E-state index contributed by atoms with van der Waals surface area (Å²) in [4.78, 5) is 1.38. The van der Waals surface area contributed by atoms with Gasteiger partial charge in [0.05, 0.1) is 0 Å². The highest BCUT2D eigenvalue weighted by Crippen LogP contribution is 2.32. The molecule has 0 radical (unpaired) electrons. The average Bonchev–Trinajstić information content (AvgIpc) is 2.42. The summed E-state index contributed by atoms with van der Waals surface area (Å²) in [5.74, 6) is 0. The van der Waals surface area contributed by atoms with Gasteiger partial charge in [0, 0.05) is 23.7 Å². The largest absolute Gasteiger partial charge is 0.405 e. The van der Waals surface area contributed by atoms with Crippen LogP contribution in [0, 0.1) is 0 Å². The highest BCUT2D eigenvalue weighted by molar-refractivity contribution is 5.96. The topological polar surface area (TPSA) is 29.3 Å². The van der Waals surface area contributed by atoms with E-state index in [1.165, 1.54) is 4.90 Å². The fraction of sp³-hybridized carbons (Fsp3) is 0.375. The highest BCUT2D eigenvalue weighted by Gasteiger charge is 2.32. The van der Waals surface area contributed by atoms with Gasteiger partial charge in [0.1, 0.15) is 6.54 Å². The molecule has 0 spiro atoms. The minimum atomic E-state index is -4.24. The second-order valence-electron chi connectivity index (χ2n) is 5.33. The van der Waals surface area contributed by atoms with Gasteiger partial charge >= 0.3 is 6.18 Å². The molecular formula is C16H19F3N2. The number of hydrogen-bond acceptors (Lipinski definition) is 2. The lowest BCUT2D eigenvalue weighted by molar-refractivity contribution is -0.120. The van der Waals surface area contributed by atoms with Crippen LogP contribution >= 0.6 is 0 Å². The summed E-state index contributed by atoms with van der Waals surface area (Å²) in [7, 11) is 0. The van der Waals surface area contributed by atoms with Crippen LogP contribution in [0.4, 0.5) is 18.9 Å². The molecular weight excluding hydrogens is 277 g/mol. The van der Waals surface area contributed by atoms with E-state index >= 15 is 0 Å². The lowest BCUT2D eigenvalue weighted by Gasteiger charge is -2.31. The maximum atomic E-state index is 12.8. The maximum Gasteiger partial charge on any atom is 0.405 e. The zero-order valence-corrected chi connectivity index (χ0v) is 12.1. The third-order valence-corrected chi connectivity index (χ3v) is 3.49. The molecule has 21 heavy (non-hydrogen) atoms. The zero-order valence-electron chi connectivity index (χ0n) is 12.1. The van der Waals surface area contributed by atoms with Crippen LogP contribution in [0.1, 0.15) is 19.4 Å². The van der Waals surface area contributed by atoms with Crippen molar-refractivity contribution in [1.29, 1.82) is 0 Å². The van der Waals surface area contributed by atoms with E-state index in [9.17, 15) is 13.2 Å². The number of anilines is 1. The van der Waals surface area contributed by atoms with Crippen LogP contribution in [0.5, 0.6) is 0 Å². The molecule has 0 heterocycles. The molecule has 114 valence electrons. The first kappa shape index (κ1) is 15.6. The number of rotatable bonds is 4. The molecule has 2 aromatic rings. The molecule has 0 aliphatic heterocycles. The first-order valence-electron chi connectivity index (χ1n) is 6.87. The predicted molar refractivity (Wildman–Crippen MR) is 80.4 cm³/mol. The van der Waals surface area contributed by atoms with Crippen LogP contribution in [0.15, 0.2) is 36.4 Å². The number of alkyl halides is 3. The van der Waals surface area contributed by atoms with Gasteiger partial charge in [0.25, 0.3) is 0 Å². The SMILES string of the molecule is CC(C)N(CC(F)(F)F)c1ccc(CN)c2ccccc12. The number of halogens is 3. The Hall–Kier alpha value is -1.75. The molecule has 0 aliphatic rings. The molecule has 0 aliphatic carbocycles. The molecule has 0 aromatic heterocycles. The minimum absolute atomic E-state index is 0.251. The van der Waals surface area contributed by atoms with Crippen LogP contribution in [0.3, 0.4) is 0 Å². The average molecular weight is 296 g/mol. The smallest absolute Gasteiger partial charge is 0.360 e. The Bertz CT molecular complexity index is 620. The molecule has 0 saturated heterocycles. The van der Waals surface area contributed by atoms with Crippen molar-refractivity contribution in [3.8, 4) is 0 Å². The van der Waals surface area contributed by atoms with E-state index in [-0.39, 0.29) is 6.04 Å². The van der Waals surface area contributed by atoms with Crippen molar-refractivity contribution in [2.45, 2.75) is 32.6 Å².